The number of aromatic nitrogens is 4. The molecule has 1 aliphatic heterocycles. The van der Waals surface area contributed by atoms with Crippen LogP contribution in [0.15, 0.2) is 90.2 Å². The van der Waals surface area contributed by atoms with Crippen LogP contribution in [0.5, 0.6) is 0 Å². The van der Waals surface area contributed by atoms with Crippen LogP contribution in [-0.2, 0) is 33.3 Å². The molecule has 2 aromatic heterocycles. The lowest BCUT2D eigenvalue weighted by atomic mass is 9.74. The number of halogens is 1. The topological polar surface area (TPSA) is 82.3 Å². The van der Waals surface area contributed by atoms with Gasteiger partial charge in [-0.05, 0) is 97.0 Å². The van der Waals surface area contributed by atoms with E-state index in [1.54, 1.807) is 34.4 Å². The van der Waals surface area contributed by atoms with Crippen LogP contribution in [0.2, 0.25) is 0 Å². The van der Waals surface area contributed by atoms with Gasteiger partial charge in [0.1, 0.15) is 10.7 Å². The normalized spacial score (nSPS) is 23.6. The second-order valence-corrected chi connectivity index (χ2v) is 14.7. The van der Waals surface area contributed by atoms with E-state index < -0.39 is 15.6 Å². The van der Waals surface area contributed by atoms with Gasteiger partial charge in [0, 0.05) is 38.3 Å². The number of ether oxygens (including phenoxy) is 1. The first-order valence-electron chi connectivity index (χ1n) is 15.5. The lowest BCUT2D eigenvalue weighted by Crippen LogP contribution is -2.37. The first-order chi connectivity index (χ1) is 21.7. The van der Waals surface area contributed by atoms with Crippen molar-refractivity contribution in [2.45, 2.75) is 56.6 Å². The molecule has 234 valence electrons. The average molecular weight is 628 g/mol. The Morgan fingerprint density at radius 3 is 2.56 bits per heavy atom. The molecule has 1 saturated heterocycles. The van der Waals surface area contributed by atoms with Gasteiger partial charge in [-0.15, -0.1) is 0 Å². The summed E-state index contributed by atoms with van der Waals surface area (Å²) in [7, 11) is -1.95. The van der Waals surface area contributed by atoms with Gasteiger partial charge in [0.25, 0.3) is 0 Å². The minimum Gasteiger partial charge on any atom is -0.373 e. The molecule has 0 bridgehead atoms. The molecule has 3 aromatic carbocycles. The smallest absolute Gasteiger partial charge is 0.246 e. The summed E-state index contributed by atoms with van der Waals surface area (Å²) in [5.41, 5.74) is 4.29. The highest BCUT2D eigenvalue weighted by Crippen LogP contribution is 2.60. The first kappa shape index (κ1) is 29.8. The van der Waals surface area contributed by atoms with Crippen LogP contribution in [0.4, 0.5) is 4.39 Å². The van der Waals surface area contributed by atoms with E-state index in [0.717, 1.165) is 40.6 Å². The van der Waals surface area contributed by atoms with Crippen molar-refractivity contribution < 1.29 is 17.5 Å². The van der Waals surface area contributed by atoms with Crippen molar-refractivity contribution >= 4 is 20.9 Å². The van der Waals surface area contributed by atoms with Gasteiger partial charge in [0.05, 0.1) is 29.2 Å². The van der Waals surface area contributed by atoms with Crippen LogP contribution in [0.3, 0.4) is 0 Å². The van der Waals surface area contributed by atoms with Crippen molar-refractivity contribution in [2.24, 2.45) is 11.3 Å². The number of methoxy groups -OCH3 is 1. The molecule has 5 aromatic rings. The first-order valence-corrected chi connectivity index (χ1v) is 17.0. The lowest BCUT2D eigenvalue weighted by Gasteiger charge is -2.34. The number of rotatable bonds is 9. The van der Waals surface area contributed by atoms with Crippen molar-refractivity contribution in [3.05, 3.63) is 108 Å². The Bertz CT molecular complexity index is 1960. The SMILES string of the molecule is CCCn1cc(S(=O)(=O)N2C[C@@H]3C[C@@](OC)(c4ccccc4)C[C@]3(Cc3cc4cnn(-c5ccc(F)cc5)c4cc3C)C2)cn1. The van der Waals surface area contributed by atoms with Gasteiger partial charge in [0.15, 0.2) is 0 Å². The monoisotopic (exact) mass is 627 g/mol. The summed E-state index contributed by atoms with van der Waals surface area (Å²) in [6, 6.07) is 21.0. The second kappa shape index (κ2) is 11.2. The van der Waals surface area contributed by atoms with Crippen molar-refractivity contribution in [2.75, 3.05) is 20.2 Å². The van der Waals surface area contributed by atoms with Gasteiger partial charge in [-0.25, -0.2) is 17.5 Å². The zero-order chi connectivity index (χ0) is 31.4. The molecule has 3 atom stereocenters. The van der Waals surface area contributed by atoms with Crippen LogP contribution in [0, 0.1) is 24.1 Å². The zero-order valence-corrected chi connectivity index (χ0v) is 26.7. The maximum atomic E-state index is 14.0. The van der Waals surface area contributed by atoms with E-state index in [2.05, 4.69) is 41.4 Å². The van der Waals surface area contributed by atoms with Gasteiger partial charge in [-0.2, -0.15) is 14.5 Å². The Kier molecular flexibility index (Phi) is 7.42. The molecule has 7 rings (SSSR count). The fraction of sp³-hybridized carbons (Fsp3) is 0.371. The van der Waals surface area contributed by atoms with E-state index >= 15 is 0 Å². The predicted octanol–water partition coefficient (Wildman–Crippen LogP) is 6.26. The predicted molar refractivity (Wildman–Crippen MR) is 171 cm³/mol. The number of fused-ring (bicyclic) bond motifs is 2. The summed E-state index contributed by atoms with van der Waals surface area (Å²) in [6.45, 7) is 5.66. The van der Waals surface area contributed by atoms with Crippen LogP contribution in [0.25, 0.3) is 16.6 Å². The molecular formula is C35H38FN5O3S. The minimum atomic E-state index is -3.72. The highest BCUT2D eigenvalue weighted by atomic mass is 32.2. The molecule has 2 aliphatic rings. The zero-order valence-electron chi connectivity index (χ0n) is 25.9. The van der Waals surface area contributed by atoms with E-state index in [1.807, 2.05) is 36.0 Å². The largest absolute Gasteiger partial charge is 0.373 e. The highest BCUT2D eigenvalue weighted by Gasteiger charge is 2.61. The molecule has 8 nitrogen and oxygen atoms in total. The summed E-state index contributed by atoms with van der Waals surface area (Å²) < 4.78 is 53.1. The van der Waals surface area contributed by atoms with Crippen molar-refractivity contribution in [3.63, 3.8) is 0 Å². The third kappa shape index (κ3) is 5.09. The van der Waals surface area contributed by atoms with Gasteiger partial charge >= 0.3 is 0 Å². The fourth-order valence-corrected chi connectivity index (χ4v) is 9.28. The average Bonchev–Trinajstić information content (AvgIpc) is 3.81. The van der Waals surface area contributed by atoms with E-state index in [0.29, 0.717) is 32.5 Å². The Hall–Kier alpha value is -3.86. The summed E-state index contributed by atoms with van der Waals surface area (Å²) in [6.07, 6.45) is 8.00. The standard InChI is InChI=1S/C35H38FN5O3S/c1-4-14-39-22-32(20-37-39)45(42,43)40-21-29-18-35(44-3,28-8-6-5-7-9-28)23-34(29,24-40)17-26-16-27-19-38-41(33(27)15-25(26)2)31-12-10-30(36)11-13-31/h5-13,15-16,19-20,22,29H,4,14,17-18,21,23-24H2,1-3H3/t29-,34+,35-/m0/s1. The molecule has 0 N–H and O–H groups in total. The van der Waals surface area contributed by atoms with Gasteiger partial charge in [-0.1, -0.05) is 37.3 Å². The van der Waals surface area contributed by atoms with Crippen molar-refractivity contribution in [3.8, 4) is 5.69 Å². The maximum absolute atomic E-state index is 14.0. The summed E-state index contributed by atoms with van der Waals surface area (Å²) in [4.78, 5) is 0.248. The van der Waals surface area contributed by atoms with Crippen LogP contribution >= 0.6 is 0 Å². The van der Waals surface area contributed by atoms with Gasteiger partial charge in [0.2, 0.25) is 10.0 Å². The van der Waals surface area contributed by atoms with Crippen LogP contribution in [0.1, 0.15) is 42.9 Å². The molecule has 10 heteroatoms. The third-order valence-corrected chi connectivity index (χ3v) is 11.8. The van der Waals surface area contributed by atoms with E-state index in [-0.39, 0.29) is 22.0 Å². The van der Waals surface area contributed by atoms with Gasteiger partial charge < -0.3 is 4.74 Å². The Morgan fingerprint density at radius 2 is 1.82 bits per heavy atom. The molecule has 0 unspecified atom stereocenters. The number of sulfonamides is 1. The molecule has 0 amide bonds. The quantitative estimate of drug-likeness (QED) is 0.193. The van der Waals surface area contributed by atoms with Gasteiger partial charge in [-0.3, -0.25) is 4.68 Å². The van der Waals surface area contributed by atoms with Crippen molar-refractivity contribution in [1.82, 2.24) is 23.9 Å². The summed E-state index contributed by atoms with van der Waals surface area (Å²) >= 11 is 0. The summed E-state index contributed by atoms with van der Waals surface area (Å²) in [5, 5.41) is 9.92. The Balaban J connectivity index is 1.27. The molecule has 1 saturated carbocycles. The van der Waals surface area contributed by atoms with E-state index in [1.165, 1.54) is 23.9 Å². The molecule has 0 radical (unpaired) electrons. The molecule has 0 spiro atoms. The second-order valence-electron chi connectivity index (χ2n) is 12.8. The van der Waals surface area contributed by atoms with Crippen molar-refractivity contribution in [1.29, 1.82) is 0 Å². The molecular weight excluding hydrogens is 589 g/mol. The Labute approximate surface area is 263 Å². The molecule has 45 heavy (non-hydrogen) atoms. The number of hydrogen-bond donors (Lipinski definition) is 0. The highest BCUT2D eigenvalue weighted by molar-refractivity contribution is 7.89. The maximum Gasteiger partial charge on any atom is 0.246 e. The lowest BCUT2D eigenvalue weighted by molar-refractivity contribution is -0.0223. The fourth-order valence-electron chi connectivity index (χ4n) is 7.75. The van der Waals surface area contributed by atoms with E-state index in [4.69, 9.17) is 4.74 Å². The van der Waals surface area contributed by atoms with Crippen LogP contribution in [-0.4, -0.2) is 52.5 Å². The third-order valence-electron chi connectivity index (χ3n) is 10.0. The molecule has 1 aliphatic carbocycles. The number of nitrogens with zero attached hydrogens (tertiary/aromatic N) is 5. The number of hydrogen-bond acceptors (Lipinski definition) is 5. The molecule has 3 heterocycles. The van der Waals surface area contributed by atoms with Crippen LogP contribution < -0.4 is 0 Å². The number of aryl methyl sites for hydroxylation is 2. The van der Waals surface area contributed by atoms with E-state index in [9.17, 15) is 12.8 Å². The summed E-state index contributed by atoms with van der Waals surface area (Å²) in [5.74, 6) is -0.195. The number of benzene rings is 3. The molecule has 2 fully saturated rings. The Morgan fingerprint density at radius 1 is 1.04 bits per heavy atom. The minimum absolute atomic E-state index is 0.0927.